The SMILES string of the molecule is CCC(C)(O)COc1ccc(OC)cc1CNC(C)C. The summed E-state index contributed by atoms with van der Waals surface area (Å²) < 4.78 is 11.0. The van der Waals surface area contributed by atoms with Crippen molar-refractivity contribution in [1.82, 2.24) is 5.32 Å². The van der Waals surface area contributed by atoms with E-state index < -0.39 is 5.60 Å². The predicted octanol–water partition coefficient (Wildman–Crippen LogP) is 2.73. The lowest BCUT2D eigenvalue weighted by atomic mass is 10.1. The van der Waals surface area contributed by atoms with Gasteiger partial charge in [-0.25, -0.2) is 0 Å². The average molecular weight is 281 g/mol. The molecule has 1 atom stereocenters. The number of rotatable bonds is 8. The maximum Gasteiger partial charge on any atom is 0.124 e. The average Bonchev–Trinajstić information content (AvgIpc) is 2.43. The van der Waals surface area contributed by atoms with Crippen molar-refractivity contribution in [1.29, 1.82) is 0 Å². The summed E-state index contributed by atoms with van der Waals surface area (Å²) in [5.41, 5.74) is 0.229. The van der Waals surface area contributed by atoms with Crippen molar-refractivity contribution in [2.45, 2.75) is 52.3 Å². The predicted molar refractivity (Wildman–Crippen MR) is 81.4 cm³/mol. The third kappa shape index (κ3) is 5.39. The lowest BCUT2D eigenvalue weighted by Crippen LogP contribution is -2.31. The molecule has 0 aromatic heterocycles. The van der Waals surface area contributed by atoms with E-state index in [4.69, 9.17) is 9.47 Å². The van der Waals surface area contributed by atoms with Crippen molar-refractivity contribution in [3.63, 3.8) is 0 Å². The Morgan fingerprint density at radius 1 is 1.35 bits per heavy atom. The first-order valence-electron chi connectivity index (χ1n) is 7.13. The molecular formula is C16H27NO3. The van der Waals surface area contributed by atoms with E-state index in [-0.39, 0.29) is 6.61 Å². The van der Waals surface area contributed by atoms with Gasteiger partial charge in [-0.05, 0) is 31.5 Å². The van der Waals surface area contributed by atoms with Crippen molar-refractivity contribution in [2.24, 2.45) is 0 Å². The van der Waals surface area contributed by atoms with Gasteiger partial charge in [0.25, 0.3) is 0 Å². The summed E-state index contributed by atoms with van der Waals surface area (Å²) in [6.07, 6.45) is 0.655. The summed E-state index contributed by atoms with van der Waals surface area (Å²) in [7, 11) is 1.65. The molecule has 0 aliphatic heterocycles. The third-order valence-electron chi connectivity index (χ3n) is 3.27. The van der Waals surface area contributed by atoms with Gasteiger partial charge in [-0.1, -0.05) is 20.8 Å². The van der Waals surface area contributed by atoms with Crippen molar-refractivity contribution in [3.8, 4) is 11.5 Å². The van der Waals surface area contributed by atoms with Crippen LogP contribution in [0.15, 0.2) is 18.2 Å². The minimum absolute atomic E-state index is 0.282. The summed E-state index contributed by atoms with van der Waals surface area (Å²) in [5, 5.41) is 13.4. The molecule has 0 spiro atoms. The topological polar surface area (TPSA) is 50.7 Å². The first kappa shape index (κ1) is 16.8. The van der Waals surface area contributed by atoms with Crippen LogP contribution in [0.1, 0.15) is 39.7 Å². The van der Waals surface area contributed by atoms with Crippen LogP contribution in [-0.4, -0.2) is 30.5 Å². The maximum atomic E-state index is 10.0. The molecule has 1 aromatic carbocycles. The summed E-state index contributed by atoms with van der Waals surface area (Å²) in [6.45, 7) is 8.91. The number of methoxy groups -OCH3 is 1. The van der Waals surface area contributed by atoms with Gasteiger partial charge in [0.1, 0.15) is 18.1 Å². The van der Waals surface area contributed by atoms with E-state index in [2.05, 4.69) is 19.2 Å². The van der Waals surface area contributed by atoms with E-state index in [1.54, 1.807) is 14.0 Å². The van der Waals surface area contributed by atoms with Crippen LogP contribution in [0, 0.1) is 0 Å². The molecule has 4 heteroatoms. The fourth-order valence-corrected chi connectivity index (χ4v) is 1.61. The second-order valence-corrected chi connectivity index (χ2v) is 5.65. The molecule has 0 fully saturated rings. The zero-order valence-electron chi connectivity index (χ0n) is 13.2. The van der Waals surface area contributed by atoms with Crippen LogP contribution >= 0.6 is 0 Å². The smallest absolute Gasteiger partial charge is 0.124 e. The molecule has 0 heterocycles. The Balaban J connectivity index is 2.82. The Morgan fingerprint density at radius 2 is 2.05 bits per heavy atom. The normalized spacial score (nSPS) is 14.2. The lowest BCUT2D eigenvalue weighted by molar-refractivity contribution is 0.00814. The second-order valence-electron chi connectivity index (χ2n) is 5.65. The Kier molecular flexibility index (Phi) is 6.30. The Bertz CT molecular complexity index is 416. The Labute approximate surface area is 122 Å². The van der Waals surface area contributed by atoms with E-state index in [0.717, 1.165) is 17.1 Å². The first-order chi connectivity index (χ1) is 9.38. The van der Waals surface area contributed by atoms with Gasteiger partial charge in [0, 0.05) is 18.2 Å². The number of hydrogen-bond donors (Lipinski definition) is 2. The van der Waals surface area contributed by atoms with Gasteiger partial charge in [0.05, 0.1) is 12.7 Å². The van der Waals surface area contributed by atoms with Crippen LogP contribution in [0.4, 0.5) is 0 Å². The van der Waals surface area contributed by atoms with Crippen molar-refractivity contribution in [2.75, 3.05) is 13.7 Å². The standard InChI is InChI=1S/C16H27NO3/c1-6-16(4,18)11-20-15-8-7-14(19-5)9-13(15)10-17-12(2)3/h7-9,12,17-18H,6,10-11H2,1-5H3. The highest BCUT2D eigenvalue weighted by atomic mass is 16.5. The molecular weight excluding hydrogens is 254 g/mol. The number of ether oxygens (including phenoxy) is 2. The quantitative estimate of drug-likeness (QED) is 0.769. The zero-order chi connectivity index (χ0) is 15.2. The van der Waals surface area contributed by atoms with E-state index >= 15 is 0 Å². The lowest BCUT2D eigenvalue weighted by Gasteiger charge is -2.23. The van der Waals surface area contributed by atoms with Crippen LogP contribution in [0.2, 0.25) is 0 Å². The van der Waals surface area contributed by atoms with E-state index in [1.807, 2.05) is 25.1 Å². The van der Waals surface area contributed by atoms with Gasteiger partial charge in [-0.15, -0.1) is 0 Å². The number of nitrogens with one attached hydrogen (secondary N) is 1. The van der Waals surface area contributed by atoms with Crippen LogP contribution in [-0.2, 0) is 6.54 Å². The molecule has 114 valence electrons. The Hall–Kier alpha value is -1.26. The summed E-state index contributed by atoms with van der Waals surface area (Å²) in [4.78, 5) is 0. The molecule has 20 heavy (non-hydrogen) atoms. The highest BCUT2D eigenvalue weighted by Gasteiger charge is 2.19. The van der Waals surface area contributed by atoms with Gasteiger partial charge in [-0.2, -0.15) is 0 Å². The molecule has 0 saturated carbocycles. The third-order valence-corrected chi connectivity index (χ3v) is 3.27. The monoisotopic (exact) mass is 281 g/mol. The summed E-state index contributed by atoms with van der Waals surface area (Å²) in [5.74, 6) is 1.59. The van der Waals surface area contributed by atoms with Gasteiger partial charge < -0.3 is 19.9 Å². The van der Waals surface area contributed by atoms with Gasteiger partial charge in [-0.3, -0.25) is 0 Å². The maximum absolute atomic E-state index is 10.0. The highest BCUT2D eigenvalue weighted by Crippen LogP contribution is 2.25. The van der Waals surface area contributed by atoms with Crippen LogP contribution < -0.4 is 14.8 Å². The summed E-state index contributed by atoms with van der Waals surface area (Å²) in [6, 6.07) is 6.12. The van der Waals surface area contributed by atoms with Gasteiger partial charge >= 0.3 is 0 Å². The minimum atomic E-state index is -0.803. The van der Waals surface area contributed by atoms with Crippen molar-refractivity contribution < 1.29 is 14.6 Å². The van der Waals surface area contributed by atoms with Crippen LogP contribution in [0.5, 0.6) is 11.5 Å². The molecule has 1 aromatic rings. The molecule has 0 aliphatic carbocycles. The first-order valence-corrected chi connectivity index (χ1v) is 7.13. The molecule has 0 bridgehead atoms. The second kappa shape index (κ2) is 7.50. The highest BCUT2D eigenvalue weighted by molar-refractivity contribution is 5.40. The number of benzene rings is 1. The molecule has 2 N–H and O–H groups in total. The Morgan fingerprint density at radius 3 is 2.60 bits per heavy atom. The fraction of sp³-hybridized carbons (Fsp3) is 0.625. The van der Waals surface area contributed by atoms with Crippen LogP contribution in [0.25, 0.3) is 0 Å². The molecule has 1 unspecified atom stereocenters. The van der Waals surface area contributed by atoms with Crippen molar-refractivity contribution in [3.05, 3.63) is 23.8 Å². The molecule has 0 amide bonds. The molecule has 0 saturated heterocycles. The van der Waals surface area contributed by atoms with Gasteiger partial charge in [0.2, 0.25) is 0 Å². The van der Waals surface area contributed by atoms with Gasteiger partial charge in [0.15, 0.2) is 0 Å². The molecule has 1 rings (SSSR count). The minimum Gasteiger partial charge on any atom is -0.497 e. The zero-order valence-corrected chi connectivity index (χ0v) is 13.2. The van der Waals surface area contributed by atoms with E-state index in [0.29, 0.717) is 19.0 Å². The summed E-state index contributed by atoms with van der Waals surface area (Å²) >= 11 is 0. The van der Waals surface area contributed by atoms with Crippen molar-refractivity contribution >= 4 is 0 Å². The van der Waals surface area contributed by atoms with E-state index in [1.165, 1.54) is 0 Å². The van der Waals surface area contributed by atoms with E-state index in [9.17, 15) is 5.11 Å². The largest absolute Gasteiger partial charge is 0.497 e. The number of hydrogen-bond acceptors (Lipinski definition) is 4. The molecule has 0 aliphatic rings. The number of aliphatic hydroxyl groups is 1. The molecule has 0 radical (unpaired) electrons. The van der Waals surface area contributed by atoms with Crippen LogP contribution in [0.3, 0.4) is 0 Å². The molecule has 4 nitrogen and oxygen atoms in total. The fourth-order valence-electron chi connectivity index (χ4n) is 1.61.